The molecule has 5 atom stereocenters. The van der Waals surface area contributed by atoms with Crippen molar-refractivity contribution in [1.82, 2.24) is 0 Å². The van der Waals surface area contributed by atoms with Gasteiger partial charge in [0.15, 0.2) is 12.2 Å². The molecule has 0 bridgehead atoms. The van der Waals surface area contributed by atoms with E-state index in [2.05, 4.69) is 41.5 Å². The molecule has 0 aromatic rings. The molecular formula is C67H130O17P2. The Balaban J connectivity index is 5.23. The Morgan fingerprint density at radius 2 is 0.535 bits per heavy atom. The number of hydrogen-bond acceptors (Lipinski definition) is 15. The third kappa shape index (κ3) is 60.9. The summed E-state index contributed by atoms with van der Waals surface area (Å²) < 4.78 is 68.1. The van der Waals surface area contributed by atoms with E-state index in [4.69, 9.17) is 37.0 Å². The van der Waals surface area contributed by atoms with Crippen LogP contribution in [-0.4, -0.2) is 96.7 Å². The molecule has 19 heteroatoms. The van der Waals surface area contributed by atoms with Gasteiger partial charge < -0.3 is 33.8 Å². The molecule has 0 fully saturated rings. The van der Waals surface area contributed by atoms with Crippen molar-refractivity contribution >= 4 is 39.5 Å². The molecule has 0 aromatic heterocycles. The molecule has 17 nitrogen and oxygen atoms in total. The van der Waals surface area contributed by atoms with E-state index in [9.17, 15) is 43.2 Å². The van der Waals surface area contributed by atoms with Gasteiger partial charge in [-0.25, -0.2) is 9.13 Å². The van der Waals surface area contributed by atoms with Gasteiger partial charge in [0.1, 0.15) is 19.3 Å². The predicted molar refractivity (Wildman–Crippen MR) is 345 cm³/mol. The molecule has 0 aliphatic heterocycles. The minimum absolute atomic E-state index is 0.104. The first-order valence-electron chi connectivity index (χ1n) is 35.0. The zero-order valence-corrected chi connectivity index (χ0v) is 57.4. The number of phosphoric acid groups is 2. The molecule has 2 unspecified atom stereocenters. The number of rotatable bonds is 66. The standard InChI is InChI=1S/C67H130O17P2/c1-7-9-11-13-15-17-18-22-25-32-38-44-50-65(70)78-56-63(83-66(71)51-45-39-33-26-23-20-19-21-24-29-35-41-47-59(3)4)58-82-86(75,76)80-54-61(68)53-79-85(73,74)81-57-62(55-77-64(69)49-43-37-31-16-14-12-10-8-2)84-67(72)52-46-40-34-28-27-30-36-42-48-60(5)6/h59-63,68H,7-58H2,1-6H3,(H,73,74)(H,75,76)/t61-,62+,63+/m0/s1. The fourth-order valence-corrected chi connectivity index (χ4v) is 11.6. The van der Waals surface area contributed by atoms with Gasteiger partial charge >= 0.3 is 39.5 Å². The molecule has 3 N–H and O–H groups in total. The highest BCUT2D eigenvalue weighted by Gasteiger charge is 2.30. The fraction of sp³-hybridized carbons (Fsp3) is 0.940. The van der Waals surface area contributed by atoms with E-state index < -0.39 is 97.5 Å². The Labute approximate surface area is 524 Å². The van der Waals surface area contributed by atoms with Crippen LogP contribution in [0.5, 0.6) is 0 Å². The number of phosphoric ester groups is 2. The number of ether oxygens (including phenoxy) is 4. The highest BCUT2D eigenvalue weighted by atomic mass is 31.2. The van der Waals surface area contributed by atoms with E-state index in [0.29, 0.717) is 25.7 Å². The highest BCUT2D eigenvalue weighted by Crippen LogP contribution is 2.45. The summed E-state index contributed by atoms with van der Waals surface area (Å²) in [7, 11) is -9.89. The van der Waals surface area contributed by atoms with Crippen LogP contribution < -0.4 is 0 Å². The number of carbonyl (C=O) groups is 4. The van der Waals surface area contributed by atoms with Crippen LogP contribution in [0.15, 0.2) is 0 Å². The highest BCUT2D eigenvalue weighted by molar-refractivity contribution is 7.47. The lowest BCUT2D eigenvalue weighted by Crippen LogP contribution is -2.30. The number of aliphatic hydroxyl groups is 1. The second kappa shape index (κ2) is 59.4. The SMILES string of the molecule is CCCCCCCCCCCCCCC(=O)OC[C@H](COP(=O)(O)OC[C@@H](O)COP(=O)(O)OC[C@@H](COC(=O)CCCCCCCCCC)OC(=O)CCCCCCCCCCC(C)C)OC(=O)CCCCCCCCCCCCCCC(C)C. The third-order valence-corrected chi connectivity index (χ3v) is 17.4. The van der Waals surface area contributed by atoms with Crippen LogP contribution in [0.2, 0.25) is 0 Å². The van der Waals surface area contributed by atoms with E-state index in [1.54, 1.807) is 0 Å². The second-order valence-corrected chi connectivity index (χ2v) is 28.1. The lowest BCUT2D eigenvalue weighted by Gasteiger charge is -2.21. The van der Waals surface area contributed by atoms with E-state index >= 15 is 0 Å². The van der Waals surface area contributed by atoms with Crippen molar-refractivity contribution in [3.8, 4) is 0 Å². The monoisotopic (exact) mass is 1270 g/mol. The summed E-state index contributed by atoms with van der Waals surface area (Å²) >= 11 is 0. The normalized spacial score (nSPS) is 14.2. The number of aliphatic hydroxyl groups excluding tert-OH is 1. The molecule has 510 valence electrons. The molecule has 0 aliphatic carbocycles. The number of hydrogen-bond donors (Lipinski definition) is 3. The summed E-state index contributed by atoms with van der Waals surface area (Å²) in [4.78, 5) is 72.3. The molecule has 0 amide bonds. The van der Waals surface area contributed by atoms with Crippen LogP contribution >= 0.6 is 15.6 Å². The van der Waals surface area contributed by atoms with Gasteiger partial charge in [-0.3, -0.25) is 37.3 Å². The first-order valence-corrected chi connectivity index (χ1v) is 38.0. The van der Waals surface area contributed by atoms with Gasteiger partial charge in [-0.1, -0.05) is 286 Å². The topological polar surface area (TPSA) is 237 Å². The van der Waals surface area contributed by atoms with Gasteiger partial charge in [-0.2, -0.15) is 0 Å². The molecule has 0 aromatic carbocycles. The van der Waals surface area contributed by atoms with E-state index in [-0.39, 0.29) is 25.7 Å². The Hall–Kier alpha value is -1.94. The molecule has 0 rings (SSSR count). The van der Waals surface area contributed by atoms with Gasteiger partial charge in [-0.15, -0.1) is 0 Å². The van der Waals surface area contributed by atoms with Crippen molar-refractivity contribution in [3.63, 3.8) is 0 Å². The average Bonchev–Trinajstić information content (AvgIpc) is 3.68. The van der Waals surface area contributed by atoms with Gasteiger partial charge in [0, 0.05) is 25.7 Å². The maximum absolute atomic E-state index is 13.0. The van der Waals surface area contributed by atoms with Crippen LogP contribution in [-0.2, 0) is 65.4 Å². The molecule has 0 spiro atoms. The summed E-state index contributed by atoms with van der Waals surface area (Å²) in [6, 6.07) is 0. The first kappa shape index (κ1) is 84.1. The van der Waals surface area contributed by atoms with E-state index in [0.717, 1.165) is 108 Å². The smallest absolute Gasteiger partial charge is 0.462 e. The number of unbranched alkanes of at least 4 members (excludes halogenated alkanes) is 36. The Morgan fingerprint density at radius 3 is 0.791 bits per heavy atom. The number of carbonyl (C=O) groups excluding carboxylic acids is 4. The lowest BCUT2D eigenvalue weighted by molar-refractivity contribution is -0.161. The van der Waals surface area contributed by atoms with Crippen LogP contribution in [0.1, 0.15) is 337 Å². The van der Waals surface area contributed by atoms with Crippen molar-refractivity contribution in [2.75, 3.05) is 39.6 Å². The van der Waals surface area contributed by atoms with Crippen molar-refractivity contribution in [2.24, 2.45) is 11.8 Å². The van der Waals surface area contributed by atoms with Gasteiger partial charge in [0.25, 0.3) is 0 Å². The maximum Gasteiger partial charge on any atom is 0.472 e. The van der Waals surface area contributed by atoms with Crippen molar-refractivity contribution in [3.05, 3.63) is 0 Å². The summed E-state index contributed by atoms with van der Waals surface area (Å²) in [6.45, 7) is 9.47. The van der Waals surface area contributed by atoms with Gasteiger partial charge in [0.05, 0.1) is 26.4 Å². The van der Waals surface area contributed by atoms with E-state index in [1.165, 1.54) is 148 Å². The molecule has 0 aliphatic rings. The van der Waals surface area contributed by atoms with Crippen molar-refractivity contribution in [1.29, 1.82) is 0 Å². The summed E-state index contributed by atoms with van der Waals surface area (Å²) in [6.07, 6.45) is 43.1. The lowest BCUT2D eigenvalue weighted by atomic mass is 10.0. The van der Waals surface area contributed by atoms with Crippen molar-refractivity contribution in [2.45, 2.75) is 355 Å². The van der Waals surface area contributed by atoms with Crippen LogP contribution in [0.4, 0.5) is 0 Å². The quantitative estimate of drug-likeness (QED) is 0.0222. The second-order valence-electron chi connectivity index (χ2n) is 25.2. The maximum atomic E-state index is 13.0. The largest absolute Gasteiger partial charge is 0.472 e. The first-order chi connectivity index (χ1) is 41.4. The van der Waals surface area contributed by atoms with Crippen LogP contribution in [0.3, 0.4) is 0 Å². The average molecular weight is 1270 g/mol. The van der Waals surface area contributed by atoms with E-state index in [1.807, 2.05) is 0 Å². The van der Waals surface area contributed by atoms with Crippen LogP contribution in [0, 0.1) is 11.8 Å². The predicted octanol–water partition coefficient (Wildman–Crippen LogP) is 18.8. The molecule has 0 saturated heterocycles. The van der Waals surface area contributed by atoms with Gasteiger partial charge in [0.2, 0.25) is 0 Å². The van der Waals surface area contributed by atoms with Crippen molar-refractivity contribution < 1.29 is 80.2 Å². The summed E-state index contributed by atoms with van der Waals surface area (Å²) in [5.41, 5.74) is 0. The molecule has 0 saturated carbocycles. The Bertz CT molecular complexity index is 1680. The Morgan fingerprint density at radius 1 is 0.314 bits per heavy atom. The summed E-state index contributed by atoms with van der Waals surface area (Å²) in [5.74, 6) is -0.636. The molecule has 0 radical (unpaired) electrons. The fourth-order valence-electron chi connectivity index (χ4n) is 10.1. The van der Waals surface area contributed by atoms with Gasteiger partial charge in [-0.05, 0) is 37.5 Å². The van der Waals surface area contributed by atoms with Crippen LogP contribution in [0.25, 0.3) is 0 Å². The summed E-state index contributed by atoms with van der Waals surface area (Å²) in [5, 5.41) is 10.6. The minimum Gasteiger partial charge on any atom is -0.462 e. The molecular weight excluding hydrogens is 1140 g/mol. The zero-order valence-electron chi connectivity index (χ0n) is 55.6. The zero-order chi connectivity index (χ0) is 63.6. The molecule has 0 heterocycles. The molecule has 86 heavy (non-hydrogen) atoms. The Kier molecular flexibility index (Phi) is 58.0. The number of esters is 4. The third-order valence-electron chi connectivity index (χ3n) is 15.5. The minimum atomic E-state index is -4.95.